The molecule has 0 N–H and O–H groups in total. The van der Waals surface area contributed by atoms with Gasteiger partial charge in [-0.3, -0.25) is 4.79 Å². The van der Waals surface area contributed by atoms with E-state index in [1.54, 1.807) is 0 Å². The maximum absolute atomic E-state index is 12.2. The summed E-state index contributed by atoms with van der Waals surface area (Å²) in [5.41, 5.74) is -0.284. The molecule has 2 unspecified atom stereocenters. The van der Waals surface area contributed by atoms with Crippen LogP contribution in [0.1, 0.15) is 72.6 Å². The standard InChI is InChI=1S/C15H28O3/c1-5-8-9-13-14(16)17-12(4)18-15(13,10-6-2)11-7-3/h12-13H,5-11H2,1-4H3. The largest absolute Gasteiger partial charge is 0.436 e. The minimum Gasteiger partial charge on any atom is -0.436 e. The fourth-order valence-electron chi connectivity index (χ4n) is 3.12. The van der Waals surface area contributed by atoms with Crippen molar-refractivity contribution < 1.29 is 14.3 Å². The monoisotopic (exact) mass is 256 g/mol. The van der Waals surface area contributed by atoms with Crippen LogP contribution in [0.4, 0.5) is 0 Å². The summed E-state index contributed by atoms with van der Waals surface area (Å²) >= 11 is 0. The van der Waals surface area contributed by atoms with Crippen molar-refractivity contribution in [1.29, 1.82) is 0 Å². The maximum Gasteiger partial charge on any atom is 0.314 e. The molecule has 1 fully saturated rings. The van der Waals surface area contributed by atoms with Crippen LogP contribution in [-0.2, 0) is 14.3 Å². The summed E-state index contributed by atoms with van der Waals surface area (Å²) in [6.45, 7) is 8.29. The smallest absolute Gasteiger partial charge is 0.314 e. The molecule has 0 saturated carbocycles. The summed E-state index contributed by atoms with van der Waals surface area (Å²) in [7, 11) is 0. The number of rotatable bonds is 7. The number of hydrogen-bond acceptors (Lipinski definition) is 3. The Morgan fingerprint density at radius 3 is 2.22 bits per heavy atom. The molecule has 1 aliphatic rings. The van der Waals surface area contributed by atoms with Gasteiger partial charge in [-0.05, 0) is 26.2 Å². The molecule has 2 atom stereocenters. The third-order valence-corrected chi connectivity index (χ3v) is 3.80. The van der Waals surface area contributed by atoms with E-state index in [9.17, 15) is 4.79 Å². The Bertz CT molecular complexity index is 256. The second-order valence-corrected chi connectivity index (χ2v) is 5.38. The summed E-state index contributed by atoms with van der Waals surface area (Å²) in [5.74, 6) is -0.127. The van der Waals surface area contributed by atoms with Crippen LogP contribution in [0.3, 0.4) is 0 Å². The fourth-order valence-corrected chi connectivity index (χ4v) is 3.12. The maximum atomic E-state index is 12.2. The van der Waals surface area contributed by atoms with Crippen molar-refractivity contribution in [3.8, 4) is 0 Å². The van der Waals surface area contributed by atoms with E-state index in [0.29, 0.717) is 0 Å². The molecule has 1 heterocycles. The lowest BCUT2D eigenvalue weighted by Gasteiger charge is -2.45. The third kappa shape index (κ3) is 3.47. The lowest BCUT2D eigenvalue weighted by atomic mass is 9.76. The summed E-state index contributed by atoms with van der Waals surface area (Å²) in [5, 5.41) is 0. The lowest BCUT2D eigenvalue weighted by molar-refractivity contribution is -0.263. The molecule has 1 rings (SSSR count). The number of hydrogen-bond donors (Lipinski definition) is 0. The molecule has 3 heteroatoms. The van der Waals surface area contributed by atoms with Gasteiger partial charge in [0.15, 0.2) is 0 Å². The Hall–Kier alpha value is -0.570. The van der Waals surface area contributed by atoms with E-state index >= 15 is 0 Å². The second kappa shape index (κ2) is 7.13. The first kappa shape index (κ1) is 15.5. The quantitative estimate of drug-likeness (QED) is 0.645. The summed E-state index contributed by atoms with van der Waals surface area (Å²) in [6, 6.07) is 0. The van der Waals surface area contributed by atoms with E-state index in [1.807, 2.05) is 6.92 Å². The van der Waals surface area contributed by atoms with Crippen LogP contribution >= 0.6 is 0 Å². The Morgan fingerprint density at radius 2 is 1.72 bits per heavy atom. The van der Waals surface area contributed by atoms with E-state index in [0.717, 1.165) is 44.9 Å². The van der Waals surface area contributed by atoms with Gasteiger partial charge in [0.1, 0.15) is 0 Å². The Labute approximate surface area is 111 Å². The summed E-state index contributed by atoms with van der Waals surface area (Å²) in [4.78, 5) is 12.2. The minimum absolute atomic E-state index is 0.0518. The van der Waals surface area contributed by atoms with Gasteiger partial charge in [-0.2, -0.15) is 0 Å². The molecule has 0 aromatic rings. The molecule has 0 amide bonds. The van der Waals surface area contributed by atoms with Crippen molar-refractivity contribution in [3.63, 3.8) is 0 Å². The molecule has 0 aromatic heterocycles. The van der Waals surface area contributed by atoms with Gasteiger partial charge in [-0.1, -0.05) is 46.5 Å². The number of cyclic esters (lactones) is 1. The third-order valence-electron chi connectivity index (χ3n) is 3.80. The topological polar surface area (TPSA) is 35.5 Å². The van der Waals surface area contributed by atoms with Gasteiger partial charge in [0.05, 0.1) is 11.5 Å². The molecule has 3 nitrogen and oxygen atoms in total. The molecule has 0 aromatic carbocycles. The average molecular weight is 256 g/mol. The Balaban J connectivity index is 2.91. The van der Waals surface area contributed by atoms with Crippen LogP contribution in [0.25, 0.3) is 0 Å². The van der Waals surface area contributed by atoms with Crippen molar-refractivity contribution in [2.75, 3.05) is 0 Å². The number of unbranched alkanes of at least 4 members (excludes halogenated alkanes) is 1. The van der Waals surface area contributed by atoms with Gasteiger partial charge in [0.2, 0.25) is 6.29 Å². The fraction of sp³-hybridized carbons (Fsp3) is 0.933. The van der Waals surface area contributed by atoms with E-state index in [4.69, 9.17) is 9.47 Å². The van der Waals surface area contributed by atoms with Gasteiger partial charge < -0.3 is 9.47 Å². The molecule has 106 valence electrons. The van der Waals surface area contributed by atoms with Crippen LogP contribution in [-0.4, -0.2) is 17.9 Å². The summed E-state index contributed by atoms with van der Waals surface area (Å²) < 4.78 is 11.4. The molecular formula is C15H28O3. The van der Waals surface area contributed by atoms with E-state index < -0.39 is 6.29 Å². The van der Waals surface area contributed by atoms with Crippen LogP contribution < -0.4 is 0 Å². The predicted octanol–water partition coefficient (Wildman–Crippen LogP) is 4.05. The molecule has 1 aliphatic heterocycles. The van der Waals surface area contributed by atoms with E-state index in [1.165, 1.54) is 0 Å². The first-order chi connectivity index (χ1) is 8.59. The zero-order valence-corrected chi connectivity index (χ0v) is 12.3. The lowest BCUT2D eigenvalue weighted by Crippen LogP contribution is -2.53. The highest BCUT2D eigenvalue weighted by Crippen LogP contribution is 2.40. The highest BCUT2D eigenvalue weighted by Gasteiger charge is 2.48. The zero-order valence-electron chi connectivity index (χ0n) is 12.3. The van der Waals surface area contributed by atoms with Crippen LogP contribution in [0, 0.1) is 5.92 Å². The number of carbonyl (C=O) groups is 1. The molecule has 1 saturated heterocycles. The zero-order chi connectivity index (χ0) is 13.6. The average Bonchev–Trinajstić information content (AvgIpc) is 2.28. The normalized spacial score (nSPS) is 27.0. The highest BCUT2D eigenvalue weighted by molar-refractivity contribution is 5.74. The van der Waals surface area contributed by atoms with Crippen LogP contribution in [0.15, 0.2) is 0 Å². The molecule has 0 bridgehead atoms. The van der Waals surface area contributed by atoms with Crippen LogP contribution in [0.2, 0.25) is 0 Å². The number of carbonyl (C=O) groups excluding carboxylic acids is 1. The van der Waals surface area contributed by atoms with Gasteiger partial charge >= 0.3 is 5.97 Å². The Kier molecular flexibility index (Phi) is 6.13. The summed E-state index contributed by atoms with van der Waals surface area (Å²) in [6.07, 6.45) is 6.66. The van der Waals surface area contributed by atoms with Gasteiger partial charge in [-0.15, -0.1) is 0 Å². The first-order valence-corrected chi connectivity index (χ1v) is 7.48. The predicted molar refractivity (Wildman–Crippen MR) is 72.2 cm³/mol. The Morgan fingerprint density at radius 1 is 1.11 bits per heavy atom. The first-order valence-electron chi connectivity index (χ1n) is 7.48. The van der Waals surface area contributed by atoms with Crippen molar-refractivity contribution in [1.82, 2.24) is 0 Å². The highest BCUT2D eigenvalue weighted by atomic mass is 16.7. The van der Waals surface area contributed by atoms with Crippen LogP contribution in [0.5, 0.6) is 0 Å². The molecular weight excluding hydrogens is 228 g/mol. The van der Waals surface area contributed by atoms with Gasteiger partial charge in [0.25, 0.3) is 0 Å². The SMILES string of the molecule is CCCCC1C(=O)OC(C)OC1(CCC)CCC. The van der Waals surface area contributed by atoms with Crippen molar-refractivity contribution in [2.45, 2.75) is 84.5 Å². The van der Waals surface area contributed by atoms with Crippen molar-refractivity contribution >= 4 is 5.97 Å². The molecule has 0 radical (unpaired) electrons. The molecule has 0 spiro atoms. The van der Waals surface area contributed by atoms with Crippen molar-refractivity contribution in [3.05, 3.63) is 0 Å². The van der Waals surface area contributed by atoms with E-state index in [-0.39, 0.29) is 17.5 Å². The molecule has 18 heavy (non-hydrogen) atoms. The minimum atomic E-state index is -0.395. The van der Waals surface area contributed by atoms with E-state index in [2.05, 4.69) is 20.8 Å². The van der Waals surface area contributed by atoms with Gasteiger partial charge in [-0.25, -0.2) is 0 Å². The van der Waals surface area contributed by atoms with Gasteiger partial charge in [0, 0.05) is 0 Å². The van der Waals surface area contributed by atoms with Crippen molar-refractivity contribution in [2.24, 2.45) is 5.92 Å². The molecule has 0 aliphatic carbocycles. The number of ether oxygens (including phenoxy) is 2. The second-order valence-electron chi connectivity index (χ2n) is 5.38. The number of esters is 1.